The lowest BCUT2D eigenvalue weighted by atomic mass is 10.1. The first-order chi connectivity index (χ1) is 23.4. The Labute approximate surface area is 298 Å². The number of fused-ring (bicyclic) bond motifs is 1. The topological polar surface area (TPSA) is 322 Å². The third-order valence-electron chi connectivity index (χ3n) is 6.87. The van der Waals surface area contributed by atoms with Gasteiger partial charge in [0.1, 0.15) is 17.1 Å². The summed E-state index contributed by atoms with van der Waals surface area (Å²) in [5, 5.41) is 51.6. The highest BCUT2D eigenvalue weighted by Gasteiger charge is 2.62. The van der Waals surface area contributed by atoms with Crippen LogP contribution < -0.4 is 27.5 Å². The summed E-state index contributed by atoms with van der Waals surface area (Å²) in [6.07, 6.45) is 0. The average Bonchev–Trinajstić information content (AvgIpc) is 3.64. The Morgan fingerprint density at radius 1 is 1.20 bits per heavy atom. The molecule has 5 amide bonds. The Morgan fingerprint density at radius 3 is 2.50 bits per heavy atom. The molecule has 2 fully saturated rings. The average molecular weight is 774 g/mol. The maximum atomic E-state index is 13.3. The number of carboxylic acids is 2. The van der Waals surface area contributed by atoms with E-state index in [0.717, 1.165) is 47.0 Å². The van der Waals surface area contributed by atoms with Crippen molar-refractivity contribution in [2.24, 2.45) is 16.0 Å². The highest BCUT2D eigenvalue weighted by atomic mass is 35.5. The lowest BCUT2D eigenvalue weighted by Crippen LogP contribution is -2.68. The summed E-state index contributed by atoms with van der Waals surface area (Å²) in [6.45, 7) is 1.99. The first-order valence-corrected chi connectivity index (χ1v) is 17.0. The summed E-state index contributed by atoms with van der Waals surface area (Å²) in [4.78, 5) is 84.8. The Hall–Kier alpha value is -5.00. The van der Waals surface area contributed by atoms with Crippen LogP contribution in [-0.4, -0.2) is 117 Å². The normalized spacial score (nSPS) is 20.4. The number of aromatic nitrogens is 1. The van der Waals surface area contributed by atoms with Gasteiger partial charge in [0.15, 0.2) is 32.1 Å². The van der Waals surface area contributed by atoms with Gasteiger partial charge in [-0.15, -0.1) is 34.9 Å². The number of phenolic OH excluding ortho intramolecular Hbond substituents is 2. The number of halogens is 1. The molecule has 4 rings (SSSR count). The van der Waals surface area contributed by atoms with E-state index in [0.29, 0.717) is 0 Å². The summed E-state index contributed by atoms with van der Waals surface area (Å²) < 4.78 is -1.62. The molecule has 1 aromatic carbocycles. The van der Waals surface area contributed by atoms with Crippen molar-refractivity contribution in [2.75, 3.05) is 24.6 Å². The number of aromatic hydroxyl groups is 2. The third-order valence-corrected chi connectivity index (χ3v) is 11.2. The zero-order chi connectivity index (χ0) is 37.1. The number of nitrogens with zero attached hydrogens (tertiary/aromatic N) is 4. The van der Waals surface area contributed by atoms with Crippen molar-refractivity contribution in [1.29, 1.82) is 0 Å². The van der Waals surface area contributed by atoms with Crippen LogP contribution in [0.3, 0.4) is 0 Å². The molecule has 0 saturated carbocycles. The molecular weight excluding hydrogens is 746 g/mol. The molecule has 2 aromatic rings. The van der Waals surface area contributed by atoms with Crippen LogP contribution >= 0.6 is 46.5 Å². The number of phenols is 2. The second-order valence-electron chi connectivity index (χ2n) is 10.7. The molecule has 24 heteroatoms. The number of β-lactam (4-membered cyclic amide) rings is 1. The molecule has 0 spiro atoms. The number of carbonyl (C=O) groups excluding carboxylic acids is 4. The van der Waals surface area contributed by atoms with Crippen LogP contribution in [-0.2, 0) is 28.8 Å². The molecule has 3 heterocycles. The van der Waals surface area contributed by atoms with Gasteiger partial charge >= 0.3 is 18.0 Å². The molecule has 2 aliphatic heterocycles. The number of benzene rings is 1. The lowest BCUT2D eigenvalue weighted by molar-refractivity contribution is -0.161. The van der Waals surface area contributed by atoms with Gasteiger partial charge in [0.2, 0.25) is 11.5 Å². The van der Waals surface area contributed by atoms with Crippen LogP contribution in [0.15, 0.2) is 27.8 Å². The number of carbonyl (C=O) groups is 6. The summed E-state index contributed by atoms with van der Waals surface area (Å²) in [5.74, 6) is -6.45. The minimum atomic E-state index is -1.83. The van der Waals surface area contributed by atoms with Crippen LogP contribution in [0.25, 0.3) is 0 Å². The summed E-state index contributed by atoms with van der Waals surface area (Å²) in [6, 6.07) is -0.119. The number of oxime groups is 1. The molecule has 268 valence electrons. The minimum absolute atomic E-state index is 0.0132. The number of rotatable bonds is 14. The van der Waals surface area contributed by atoms with Crippen molar-refractivity contribution in [2.45, 2.75) is 34.9 Å². The molecule has 20 nitrogen and oxygen atoms in total. The Kier molecular flexibility index (Phi) is 11.2. The van der Waals surface area contributed by atoms with E-state index in [9.17, 15) is 49.2 Å². The van der Waals surface area contributed by atoms with E-state index >= 15 is 0 Å². The first-order valence-electron chi connectivity index (χ1n) is 13.9. The summed E-state index contributed by atoms with van der Waals surface area (Å²) in [7, 11) is 0. The van der Waals surface area contributed by atoms with E-state index in [4.69, 9.17) is 27.9 Å². The number of amides is 5. The number of carboxylic acid groups (broad SMARTS) is 2. The maximum absolute atomic E-state index is 13.3. The quantitative estimate of drug-likeness (QED) is 0.0383. The number of thiazole rings is 1. The molecule has 2 aliphatic rings. The van der Waals surface area contributed by atoms with E-state index in [1.165, 1.54) is 24.1 Å². The van der Waals surface area contributed by atoms with Gasteiger partial charge in [0.05, 0.1) is 11.6 Å². The zero-order valence-electron chi connectivity index (χ0n) is 25.7. The number of hydrogen-bond donors (Lipinski definition) is 9. The van der Waals surface area contributed by atoms with Crippen molar-refractivity contribution >= 4 is 98.7 Å². The molecule has 1 aromatic heterocycles. The van der Waals surface area contributed by atoms with E-state index in [2.05, 4.69) is 25.9 Å². The molecule has 50 heavy (non-hydrogen) atoms. The van der Waals surface area contributed by atoms with Gasteiger partial charge in [-0.05, 0) is 26.0 Å². The van der Waals surface area contributed by atoms with Crippen LogP contribution in [0.5, 0.6) is 11.5 Å². The number of urea groups is 1. The first kappa shape index (κ1) is 37.8. The predicted molar refractivity (Wildman–Crippen MR) is 181 cm³/mol. The van der Waals surface area contributed by atoms with Gasteiger partial charge < -0.3 is 52.3 Å². The highest BCUT2D eigenvalue weighted by molar-refractivity contribution is 8.20. The third kappa shape index (κ3) is 7.90. The number of nitrogens with two attached hydrogens (primary N) is 2. The maximum Gasteiger partial charge on any atom is 0.350 e. The molecule has 0 bridgehead atoms. The number of thioether (sulfide) groups is 2. The Morgan fingerprint density at radius 2 is 1.90 bits per heavy atom. The Balaban J connectivity index is 1.43. The van der Waals surface area contributed by atoms with Gasteiger partial charge in [0, 0.05) is 23.2 Å². The van der Waals surface area contributed by atoms with E-state index in [1.54, 1.807) is 0 Å². The molecule has 0 unspecified atom stereocenters. The van der Waals surface area contributed by atoms with Crippen molar-refractivity contribution < 1.29 is 54.0 Å². The number of hydrogen-bond acceptors (Lipinski definition) is 16. The van der Waals surface area contributed by atoms with E-state index in [1.807, 2.05) is 5.43 Å². The van der Waals surface area contributed by atoms with Crippen LogP contribution in [0.4, 0.5) is 9.93 Å². The summed E-state index contributed by atoms with van der Waals surface area (Å²) in [5.41, 5.74) is 9.59. The smallest absolute Gasteiger partial charge is 0.350 e. The van der Waals surface area contributed by atoms with Gasteiger partial charge in [-0.2, -0.15) is 5.10 Å². The lowest BCUT2D eigenvalue weighted by Gasteiger charge is -2.41. The number of nitrogen functional groups attached to an aromatic ring is 1. The molecule has 2 saturated heterocycles. The van der Waals surface area contributed by atoms with Gasteiger partial charge in [-0.3, -0.25) is 14.4 Å². The van der Waals surface area contributed by atoms with Gasteiger partial charge in [-0.25, -0.2) is 24.8 Å². The van der Waals surface area contributed by atoms with Crippen molar-refractivity contribution in [3.8, 4) is 11.5 Å². The number of nitrogens with one attached hydrogen (secondary N) is 3. The minimum Gasteiger partial charge on any atom is -0.504 e. The monoisotopic (exact) mass is 773 g/mol. The van der Waals surface area contributed by atoms with Crippen LogP contribution in [0.1, 0.15) is 25.1 Å². The van der Waals surface area contributed by atoms with Gasteiger partial charge in [0.25, 0.3) is 11.8 Å². The summed E-state index contributed by atoms with van der Waals surface area (Å²) >= 11 is 8.80. The van der Waals surface area contributed by atoms with Gasteiger partial charge in [-0.1, -0.05) is 16.8 Å². The predicted octanol–water partition coefficient (Wildman–Crippen LogP) is -0.523. The standard InChI is InChI=1S/C26H28ClN9O11S3/c1-25(2,21(42)43)47-35-14(10-7-48-24(29)31-10)18(40)32-15-19(41)36-8-26(22(44)45,50-20(15)36)49-6-5-30-17(39)13(33-34-23(28)46)9-3-4-11(37)16(38)12(9)27/h3-4,7,15,20,37-38H,5-6,8H2,1-2H3,(H2,29,31)(H,30,39)(H,32,40)(H,42,43)(H,44,45)(H3,28,34,46)/b33-13+,35-14-/t15-,20-,26-/m1/s1. The molecule has 0 radical (unpaired) electrons. The molecular formula is C26H28ClN9O11S3. The second-order valence-corrected chi connectivity index (χ2v) is 15.1. The van der Waals surface area contributed by atoms with E-state index < -0.39 is 84.7 Å². The number of hydrazone groups is 1. The van der Waals surface area contributed by atoms with Crippen molar-refractivity contribution in [3.63, 3.8) is 0 Å². The molecule has 3 atom stereocenters. The van der Waals surface area contributed by atoms with Crippen LogP contribution in [0, 0.1) is 0 Å². The van der Waals surface area contributed by atoms with E-state index in [-0.39, 0.29) is 35.2 Å². The largest absolute Gasteiger partial charge is 0.504 e. The fourth-order valence-electron chi connectivity index (χ4n) is 4.23. The second kappa shape index (κ2) is 14.9. The van der Waals surface area contributed by atoms with Crippen LogP contribution in [0.2, 0.25) is 5.02 Å². The number of primary amides is 1. The molecule has 0 aliphatic carbocycles. The number of anilines is 1. The molecule has 11 N–H and O–H groups in total. The Bertz CT molecular complexity index is 1820. The fraction of sp³-hybridized carbons (Fsp3) is 0.346. The van der Waals surface area contributed by atoms with Crippen molar-refractivity contribution in [3.05, 3.63) is 33.8 Å². The number of aliphatic carboxylic acids is 2. The van der Waals surface area contributed by atoms with Crippen molar-refractivity contribution in [1.82, 2.24) is 25.9 Å². The SMILES string of the molecule is CC(C)(O/N=C(\C(=O)N[C@@H]1C(=O)N2C[C@](SCCNC(=O)/C(=N/NC(N)=O)c3ccc(O)c(O)c3Cl)(C(=O)O)S[C@H]12)c1csc(N)n1)C(=O)O. The fourth-order valence-corrected chi connectivity index (χ4v) is 8.06. The highest BCUT2D eigenvalue weighted by Crippen LogP contribution is 2.52. The zero-order valence-corrected chi connectivity index (χ0v) is 28.9.